The van der Waals surface area contributed by atoms with E-state index < -0.39 is 7.92 Å². The SMILES string of the molecule is Cc1cc(C)c(C)c(-c2cccc(-c3c(C)c(C)cc(C)c3C)c2P2C(C3CCCC3)CC(O)CC2C2CCCC2)c1C. The van der Waals surface area contributed by atoms with Crippen LogP contribution >= 0.6 is 7.92 Å². The zero-order valence-electron chi connectivity index (χ0n) is 28.2. The molecular formula is C41H55OP. The van der Waals surface area contributed by atoms with Crippen molar-refractivity contribution in [1.29, 1.82) is 0 Å². The Labute approximate surface area is 263 Å². The van der Waals surface area contributed by atoms with Gasteiger partial charge in [0, 0.05) is 0 Å². The van der Waals surface area contributed by atoms with Crippen molar-refractivity contribution in [1.82, 2.24) is 0 Å². The fourth-order valence-corrected chi connectivity index (χ4v) is 14.0. The summed E-state index contributed by atoms with van der Waals surface area (Å²) in [5, 5.41) is 13.2. The molecule has 1 saturated heterocycles. The van der Waals surface area contributed by atoms with Gasteiger partial charge < -0.3 is 5.11 Å². The summed E-state index contributed by atoms with van der Waals surface area (Å²) in [4.78, 5) is 0. The lowest BCUT2D eigenvalue weighted by Crippen LogP contribution is -2.41. The quantitative estimate of drug-likeness (QED) is 0.291. The van der Waals surface area contributed by atoms with Gasteiger partial charge in [-0.15, -0.1) is 0 Å². The molecule has 6 rings (SSSR count). The molecule has 3 aromatic rings. The molecule has 1 N–H and O–H groups in total. The lowest BCUT2D eigenvalue weighted by Gasteiger charge is -2.48. The average Bonchev–Trinajstić information content (AvgIpc) is 3.71. The van der Waals surface area contributed by atoms with Crippen molar-refractivity contribution in [3.8, 4) is 22.3 Å². The number of hydrogen-bond acceptors (Lipinski definition) is 1. The highest BCUT2D eigenvalue weighted by Gasteiger charge is 2.47. The zero-order valence-corrected chi connectivity index (χ0v) is 29.1. The average molecular weight is 595 g/mol. The standard InChI is InChI=1S/C41H55OP/c1-24-20-25(2)29(6)39(28(24)5)35-18-13-19-36(40-30(7)26(3)21-27(4)31(40)8)41(35)43-37(32-14-9-10-15-32)22-34(42)23-38(43)33-16-11-12-17-33/h13,18-21,32-34,37-38,42H,9-12,14-17,22-23H2,1-8H3. The third-order valence-electron chi connectivity index (χ3n) is 12.2. The topological polar surface area (TPSA) is 20.2 Å². The normalized spacial score (nSPS) is 25.1. The van der Waals surface area contributed by atoms with Crippen LogP contribution < -0.4 is 5.30 Å². The van der Waals surface area contributed by atoms with Crippen LogP contribution in [0.4, 0.5) is 0 Å². The molecule has 1 aliphatic heterocycles. The fourth-order valence-electron chi connectivity index (χ4n) is 9.45. The molecule has 3 aliphatic rings. The van der Waals surface area contributed by atoms with Crippen LogP contribution in [0.3, 0.4) is 0 Å². The van der Waals surface area contributed by atoms with Gasteiger partial charge in [0.1, 0.15) is 0 Å². The van der Waals surface area contributed by atoms with Gasteiger partial charge in [0.2, 0.25) is 0 Å². The molecule has 2 aliphatic carbocycles. The van der Waals surface area contributed by atoms with Crippen molar-refractivity contribution in [2.24, 2.45) is 11.8 Å². The van der Waals surface area contributed by atoms with Crippen molar-refractivity contribution in [3.05, 3.63) is 74.8 Å². The molecule has 3 aromatic carbocycles. The van der Waals surface area contributed by atoms with Gasteiger partial charge in [-0.2, -0.15) is 0 Å². The summed E-state index contributed by atoms with van der Waals surface area (Å²) in [7, 11) is -0.479. The Hall–Kier alpha value is -1.95. The Morgan fingerprint density at radius 2 is 0.907 bits per heavy atom. The van der Waals surface area contributed by atoms with Gasteiger partial charge in [0.25, 0.3) is 0 Å². The zero-order chi connectivity index (χ0) is 30.6. The first-order chi connectivity index (χ1) is 20.6. The predicted octanol–water partition coefficient (Wildman–Crippen LogP) is 10.9. The fraction of sp³-hybridized carbons (Fsp3) is 0.561. The van der Waals surface area contributed by atoms with Crippen molar-refractivity contribution >= 4 is 13.2 Å². The van der Waals surface area contributed by atoms with Gasteiger partial charge >= 0.3 is 0 Å². The van der Waals surface area contributed by atoms with E-state index in [0.717, 1.165) is 24.7 Å². The molecule has 1 heterocycles. The van der Waals surface area contributed by atoms with Crippen molar-refractivity contribution < 1.29 is 5.11 Å². The third-order valence-corrected chi connectivity index (χ3v) is 15.9. The summed E-state index contributed by atoms with van der Waals surface area (Å²) in [6.45, 7) is 18.7. The Bertz CT molecular complexity index is 1340. The van der Waals surface area contributed by atoms with Crippen molar-refractivity contribution in [3.63, 3.8) is 0 Å². The van der Waals surface area contributed by atoms with Gasteiger partial charge in [-0.05, 0) is 189 Å². The number of rotatable bonds is 5. The molecule has 0 radical (unpaired) electrons. The molecule has 2 unspecified atom stereocenters. The van der Waals surface area contributed by atoms with E-state index in [1.807, 2.05) is 0 Å². The molecule has 2 heteroatoms. The summed E-state index contributed by atoms with van der Waals surface area (Å²) < 4.78 is 0. The summed E-state index contributed by atoms with van der Waals surface area (Å²) in [5.41, 5.74) is 18.6. The second kappa shape index (κ2) is 12.4. The maximum atomic E-state index is 11.5. The first-order valence-electron chi connectivity index (χ1n) is 17.3. The molecule has 230 valence electrons. The smallest absolute Gasteiger partial charge is 0.0552 e. The van der Waals surface area contributed by atoms with Crippen LogP contribution in [0.2, 0.25) is 0 Å². The molecular weight excluding hydrogens is 539 g/mol. The Balaban J connectivity index is 1.71. The summed E-state index contributed by atoms with van der Waals surface area (Å²) >= 11 is 0. The van der Waals surface area contributed by atoms with Crippen LogP contribution in [0.25, 0.3) is 22.3 Å². The highest BCUT2D eigenvalue weighted by molar-refractivity contribution is 7.67. The summed E-state index contributed by atoms with van der Waals surface area (Å²) in [6.07, 6.45) is 12.8. The molecule has 0 amide bonds. The lowest BCUT2D eigenvalue weighted by molar-refractivity contribution is 0.131. The van der Waals surface area contributed by atoms with E-state index in [9.17, 15) is 5.11 Å². The third kappa shape index (κ3) is 5.57. The molecule has 0 bridgehead atoms. The number of hydrogen-bond donors (Lipinski definition) is 1. The lowest BCUT2D eigenvalue weighted by atomic mass is 9.85. The van der Waals surface area contributed by atoms with E-state index in [1.165, 1.54) is 118 Å². The van der Waals surface area contributed by atoms with E-state index >= 15 is 0 Å². The van der Waals surface area contributed by atoms with E-state index in [0.29, 0.717) is 11.3 Å². The molecule has 0 spiro atoms. The Kier molecular flexibility index (Phi) is 8.99. The van der Waals surface area contributed by atoms with E-state index in [-0.39, 0.29) is 6.10 Å². The Morgan fingerprint density at radius 1 is 0.558 bits per heavy atom. The molecule has 1 nitrogen and oxygen atoms in total. The van der Waals surface area contributed by atoms with Crippen LogP contribution in [0.1, 0.15) is 109 Å². The molecule has 2 atom stereocenters. The monoisotopic (exact) mass is 594 g/mol. The van der Waals surface area contributed by atoms with Crippen molar-refractivity contribution in [2.45, 2.75) is 137 Å². The van der Waals surface area contributed by atoms with Crippen LogP contribution in [0.5, 0.6) is 0 Å². The maximum Gasteiger partial charge on any atom is 0.0552 e. The molecule has 2 saturated carbocycles. The highest BCUT2D eigenvalue weighted by atomic mass is 31.1. The minimum absolute atomic E-state index is 0.139. The molecule has 0 aromatic heterocycles. The van der Waals surface area contributed by atoms with Crippen LogP contribution in [0, 0.1) is 67.2 Å². The molecule has 43 heavy (non-hydrogen) atoms. The van der Waals surface area contributed by atoms with Gasteiger partial charge in [-0.1, -0.05) is 63.9 Å². The van der Waals surface area contributed by atoms with Crippen LogP contribution in [0.15, 0.2) is 30.3 Å². The minimum atomic E-state index is -0.479. The predicted molar refractivity (Wildman–Crippen MR) is 188 cm³/mol. The van der Waals surface area contributed by atoms with E-state index in [4.69, 9.17) is 0 Å². The minimum Gasteiger partial charge on any atom is -0.393 e. The molecule has 3 fully saturated rings. The van der Waals surface area contributed by atoms with Gasteiger partial charge in [0.05, 0.1) is 6.10 Å². The van der Waals surface area contributed by atoms with Gasteiger partial charge in [0.15, 0.2) is 0 Å². The first-order valence-corrected chi connectivity index (χ1v) is 18.8. The number of aliphatic hydroxyl groups is 1. The summed E-state index contributed by atoms with van der Waals surface area (Å²) in [6, 6.07) is 12.1. The second-order valence-corrected chi connectivity index (χ2v) is 17.3. The van der Waals surface area contributed by atoms with Crippen LogP contribution in [-0.4, -0.2) is 22.5 Å². The number of aryl methyl sites for hydroxylation is 4. The van der Waals surface area contributed by atoms with E-state index in [1.54, 1.807) is 5.30 Å². The van der Waals surface area contributed by atoms with Gasteiger partial charge in [-0.3, -0.25) is 0 Å². The maximum absolute atomic E-state index is 11.5. The van der Waals surface area contributed by atoms with Crippen LogP contribution in [-0.2, 0) is 0 Å². The highest BCUT2D eigenvalue weighted by Crippen LogP contribution is 2.63. The Morgan fingerprint density at radius 3 is 1.26 bits per heavy atom. The second-order valence-electron chi connectivity index (χ2n) is 14.7. The van der Waals surface area contributed by atoms with E-state index in [2.05, 4.69) is 85.7 Å². The number of benzene rings is 3. The van der Waals surface area contributed by atoms with Crippen molar-refractivity contribution in [2.75, 3.05) is 0 Å². The van der Waals surface area contributed by atoms with Gasteiger partial charge in [-0.25, -0.2) is 0 Å². The largest absolute Gasteiger partial charge is 0.393 e. The number of aliphatic hydroxyl groups excluding tert-OH is 1. The first kappa shape index (κ1) is 31.0. The summed E-state index contributed by atoms with van der Waals surface area (Å²) in [5.74, 6) is 1.52.